The number of amidine groups is 1. The molecule has 0 radical (unpaired) electrons. The molecule has 1 fully saturated rings. The molecule has 4 rings (SSSR count). The summed E-state index contributed by atoms with van der Waals surface area (Å²) in [5.41, 5.74) is -2.62. The minimum Gasteiger partial charge on any atom is -0.493 e. The van der Waals surface area contributed by atoms with Crippen molar-refractivity contribution in [2.24, 2.45) is 4.99 Å². The first-order chi connectivity index (χ1) is 18.8. The Morgan fingerprint density at radius 3 is 2.30 bits per heavy atom. The van der Waals surface area contributed by atoms with E-state index in [-0.39, 0.29) is 29.4 Å². The lowest BCUT2D eigenvalue weighted by Gasteiger charge is -2.34. The first-order valence-electron chi connectivity index (χ1n) is 12.1. The van der Waals surface area contributed by atoms with Gasteiger partial charge in [0.05, 0.1) is 23.5 Å². The number of methoxy groups -OCH3 is 1. The van der Waals surface area contributed by atoms with Gasteiger partial charge >= 0.3 is 12.4 Å². The van der Waals surface area contributed by atoms with Gasteiger partial charge in [-0.05, 0) is 36.2 Å². The number of halogens is 6. The molecule has 1 atom stereocenters. The van der Waals surface area contributed by atoms with Gasteiger partial charge in [0.15, 0.2) is 16.7 Å². The molecule has 40 heavy (non-hydrogen) atoms. The number of rotatable bonds is 6. The Bertz CT molecular complexity index is 1310. The number of nitrogens with zero attached hydrogens (tertiary/aromatic N) is 3. The molecule has 0 aromatic heterocycles. The lowest BCUT2D eigenvalue weighted by molar-refractivity contribution is -0.143. The Kier molecular flexibility index (Phi) is 8.57. The topological polar surface area (TPSA) is 71.4 Å². The number of benzene rings is 2. The molecule has 2 aliphatic rings. The van der Waals surface area contributed by atoms with Crippen molar-refractivity contribution in [3.8, 4) is 11.5 Å². The van der Waals surface area contributed by atoms with E-state index in [4.69, 9.17) is 9.47 Å². The van der Waals surface area contributed by atoms with E-state index in [9.17, 15) is 35.9 Å². The molecule has 2 amide bonds. The zero-order valence-electron chi connectivity index (χ0n) is 21.4. The lowest BCUT2D eigenvalue weighted by Crippen LogP contribution is -2.49. The second-order valence-corrected chi connectivity index (χ2v) is 10.3. The molecule has 2 heterocycles. The summed E-state index contributed by atoms with van der Waals surface area (Å²) in [7, 11) is 1.34. The summed E-state index contributed by atoms with van der Waals surface area (Å²) in [6.07, 6.45) is -9.63. The highest BCUT2D eigenvalue weighted by Crippen LogP contribution is 2.38. The molecule has 0 N–H and O–H groups in total. The first kappa shape index (κ1) is 29.6. The van der Waals surface area contributed by atoms with Crippen LogP contribution in [0.15, 0.2) is 41.4 Å². The molecule has 1 unspecified atom stereocenters. The van der Waals surface area contributed by atoms with Gasteiger partial charge in [-0.25, -0.2) is 0 Å². The number of carbonyl (C=O) groups excluding carboxylic acids is 2. The van der Waals surface area contributed by atoms with Crippen molar-refractivity contribution in [3.05, 3.63) is 58.7 Å². The van der Waals surface area contributed by atoms with E-state index in [0.717, 1.165) is 6.07 Å². The smallest absolute Gasteiger partial charge is 0.416 e. The number of thioether (sulfide) groups is 1. The Morgan fingerprint density at radius 2 is 1.70 bits per heavy atom. The maximum absolute atomic E-state index is 13.5. The van der Waals surface area contributed by atoms with E-state index in [2.05, 4.69) is 4.99 Å². The fraction of sp³-hybridized carbons (Fsp3) is 0.423. The van der Waals surface area contributed by atoms with Crippen LogP contribution in [0.25, 0.3) is 0 Å². The molecule has 2 aliphatic heterocycles. The molecular weight excluding hydrogens is 564 g/mol. The molecule has 1 saturated heterocycles. The van der Waals surface area contributed by atoms with Crippen LogP contribution in [0.3, 0.4) is 0 Å². The third kappa shape index (κ3) is 6.83. The van der Waals surface area contributed by atoms with Crippen molar-refractivity contribution in [3.63, 3.8) is 0 Å². The summed E-state index contributed by atoms with van der Waals surface area (Å²) < 4.78 is 90.0. The zero-order chi connectivity index (χ0) is 29.2. The van der Waals surface area contributed by atoms with Crippen molar-refractivity contribution < 1.29 is 45.4 Å². The maximum Gasteiger partial charge on any atom is 0.416 e. The minimum atomic E-state index is -5.01. The highest BCUT2D eigenvalue weighted by Gasteiger charge is 2.38. The second kappa shape index (κ2) is 11.6. The molecular formula is C26H25F6N3O4S. The monoisotopic (exact) mass is 589 g/mol. The first-order valence-corrected chi connectivity index (χ1v) is 13.0. The fourth-order valence-corrected chi connectivity index (χ4v) is 5.49. The predicted octanol–water partition coefficient (Wildman–Crippen LogP) is 5.02. The fourth-order valence-electron chi connectivity index (χ4n) is 4.33. The number of amides is 2. The Hall–Kier alpha value is -3.42. The van der Waals surface area contributed by atoms with Crippen LogP contribution in [-0.2, 0) is 35.0 Å². The van der Waals surface area contributed by atoms with Gasteiger partial charge in [0.1, 0.15) is 6.61 Å². The van der Waals surface area contributed by atoms with E-state index >= 15 is 0 Å². The van der Waals surface area contributed by atoms with Crippen LogP contribution >= 0.6 is 11.8 Å². The van der Waals surface area contributed by atoms with E-state index in [1.165, 1.54) is 31.9 Å². The predicted molar refractivity (Wildman–Crippen MR) is 135 cm³/mol. The second-order valence-electron chi connectivity index (χ2n) is 9.18. The highest BCUT2D eigenvalue weighted by molar-refractivity contribution is 8.15. The molecule has 14 heteroatoms. The molecule has 0 bridgehead atoms. The van der Waals surface area contributed by atoms with E-state index < -0.39 is 40.9 Å². The summed E-state index contributed by atoms with van der Waals surface area (Å²) in [6.45, 7) is 3.09. The molecule has 0 saturated carbocycles. The van der Waals surface area contributed by atoms with Gasteiger partial charge in [0, 0.05) is 38.7 Å². The van der Waals surface area contributed by atoms with Gasteiger partial charge in [-0.3, -0.25) is 9.59 Å². The van der Waals surface area contributed by atoms with E-state index in [0.29, 0.717) is 49.4 Å². The summed E-state index contributed by atoms with van der Waals surface area (Å²) in [4.78, 5) is 32.0. The molecule has 2 aromatic carbocycles. The summed E-state index contributed by atoms with van der Waals surface area (Å²) >= 11 is 1.33. The normalized spacial score (nSPS) is 18.1. The van der Waals surface area contributed by atoms with Gasteiger partial charge in [0.2, 0.25) is 5.91 Å². The third-order valence-electron chi connectivity index (χ3n) is 6.50. The van der Waals surface area contributed by atoms with Gasteiger partial charge in [-0.2, -0.15) is 31.3 Å². The average molecular weight is 590 g/mol. The molecule has 0 spiro atoms. The van der Waals surface area contributed by atoms with Crippen LogP contribution in [0.4, 0.5) is 26.3 Å². The van der Waals surface area contributed by atoms with Crippen LogP contribution < -0.4 is 9.47 Å². The Morgan fingerprint density at radius 1 is 1.00 bits per heavy atom. The maximum atomic E-state index is 13.5. The van der Waals surface area contributed by atoms with Crippen molar-refractivity contribution in [2.45, 2.75) is 37.6 Å². The quantitative estimate of drug-likeness (QED) is 0.441. The van der Waals surface area contributed by atoms with Crippen molar-refractivity contribution in [2.75, 3.05) is 33.3 Å². The minimum absolute atomic E-state index is 0.00357. The van der Waals surface area contributed by atoms with Crippen LogP contribution in [-0.4, -0.2) is 65.3 Å². The van der Waals surface area contributed by atoms with Crippen molar-refractivity contribution in [1.29, 1.82) is 0 Å². The number of hydrogen-bond acceptors (Lipinski definition) is 6. The molecule has 2 aromatic rings. The van der Waals surface area contributed by atoms with E-state index in [1.807, 2.05) is 4.90 Å². The van der Waals surface area contributed by atoms with Gasteiger partial charge in [0.25, 0.3) is 5.91 Å². The van der Waals surface area contributed by atoms with Gasteiger partial charge in [-0.1, -0.05) is 23.9 Å². The Labute approximate surface area is 230 Å². The summed E-state index contributed by atoms with van der Waals surface area (Å²) in [5.74, 6) is -0.0220. The van der Waals surface area contributed by atoms with Crippen molar-refractivity contribution in [1.82, 2.24) is 9.80 Å². The number of hydrogen-bond donors (Lipinski definition) is 0. The highest BCUT2D eigenvalue weighted by atomic mass is 32.2. The lowest BCUT2D eigenvalue weighted by atomic mass is 10.0. The average Bonchev–Trinajstić information content (AvgIpc) is 3.26. The van der Waals surface area contributed by atoms with Crippen molar-refractivity contribution >= 4 is 28.7 Å². The van der Waals surface area contributed by atoms with E-state index in [1.54, 1.807) is 17.0 Å². The van der Waals surface area contributed by atoms with Gasteiger partial charge < -0.3 is 19.3 Å². The molecule has 0 aliphatic carbocycles. The number of aliphatic imine (C=N–C) groups is 1. The number of alkyl halides is 6. The van der Waals surface area contributed by atoms with Crippen LogP contribution in [0, 0.1) is 0 Å². The standard InChI is InChI=1S/C26H25F6N3O4S/c1-15(36)34-7-9-35(10-8-34)24-33-23(37)22(40-24)12-16-3-6-20(21(11-16)38-2)39-14-17-4-5-18(25(27,28)29)13-19(17)26(30,31)32/h3-6,11,13,22H,7-10,12,14H2,1-2H3. The molecule has 216 valence electrons. The third-order valence-corrected chi connectivity index (χ3v) is 7.71. The zero-order valence-corrected chi connectivity index (χ0v) is 22.3. The van der Waals surface area contributed by atoms with Crippen LogP contribution in [0.5, 0.6) is 11.5 Å². The van der Waals surface area contributed by atoms with Crippen LogP contribution in [0.2, 0.25) is 0 Å². The largest absolute Gasteiger partial charge is 0.493 e. The SMILES string of the molecule is COc1cc(CC2SC(N3CCN(C(C)=O)CC3)=NC2=O)ccc1OCc1ccc(C(F)(F)F)cc1C(F)(F)F. The molecule has 7 nitrogen and oxygen atoms in total. The van der Waals surface area contributed by atoms with Crippen LogP contribution in [0.1, 0.15) is 29.2 Å². The number of carbonyl (C=O) groups is 2. The van der Waals surface area contributed by atoms with Gasteiger partial charge in [-0.15, -0.1) is 0 Å². The number of piperazine rings is 1. The number of ether oxygens (including phenoxy) is 2. The summed E-state index contributed by atoms with van der Waals surface area (Å²) in [6, 6.07) is 6.07. The summed E-state index contributed by atoms with van der Waals surface area (Å²) in [5, 5.41) is 0.112. The Balaban J connectivity index is 1.41.